The zero-order valence-electron chi connectivity index (χ0n) is 15.6. The maximum atomic E-state index is 12.4. The Kier molecular flexibility index (Phi) is 5.69. The van der Waals surface area contributed by atoms with Gasteiger partial charge < -0.3 is 10.1 Å². The van der Waals surface area contributed by atoms with E-state index in [-0.39, 0.29) is 24.5 Å². The number of amides is 1. The molecule has 140 valence electrons. The number of methoxy groups -OCH3 is 1. The van der Waals surface area contributed by atoms with Crippen molar-refractivity contribution in [2.24, 2.45) is 0 Å². The van der Waals surface area contributed by atoms with E-state index >= 15 is 0 Å². The number of esters is 1. The van der Waals surface area contributed by atoms with Crippen LogP contribution in [0.5, 0.6) is 0 Å². The van der Waals surface area contributed by atoms with Gasteiger partial charge in [0.1, 0.15) is 0 Å². The largest absolute Gasteiger partial charge is 0.465 e. The highest BCUT2D eigenvalue weighted by molar-refractivity contribution is 6.01. The van der Waals surface area contributed by atoms with E-state index in [1.807, 2.05) is 25.1 Å². The number of ether oxygens (including phenoxy) is 1. The van der Waals surface area contributed by atoms with Crippen molar-refractivity contribution in [1.82, 2.24) is 0 Å². The third kappa shape index (κ3) is 4.42. The molecular formula is C22H23NO4. The van der Waals surface area contributed by atoms with Crippen molar-refractivity contribution < 1.29 is 19.1 Å². The first-order chi connectivity index (χ1) is 13.0. The molecule has 0 heterocycles. The Morgan fingerprint density at radius 2 is 1.70 bits per heavy atom. The lowest BCUT2D eigenvalue weighted by Gasteiger charge is -2.10. The third-order valence-corrected chi connectivity index (χ3v) is 4.93. The minimum absolute atomic E-state index is 0.0279. The summed E-state index contributed by atoms with van der Waals surface area (Å²) in [6, 6.07) is 10.8. The number of anilines is 1. The molecule has 0 saturated heterocycles. The van der Waals surface area contributed by atoms with E-state index in [2.05, 4.69) is 5.32 Å². The lowest BCUT2D eigenvalue weighted by molar-refractivity contribution is -0.116. The third-order valence-electron chi connectivity index (χ3n) is 4.93. The summed E-state index contributed by atoms with van der Waals surface area (Å²) >= 11 is 0. The monoisotopic (exact) mass is 365 g/mol. The lowest BCUT2D eigenvalue weighted by Crippen LogP contribution is -2.15. The summed E-state index contributed by atoms with van der Waals surface area (Å²) in [4.78, 5) is 36.3. The molecule has 0 unspecified atom stereocenters. The summed E-state index contributed by atoms with van der Waals surface area (Å²) in [5.41, 5.74) is 5.00. The Bertz CT molecular complexity index is 901. The van der Waals surface area contributed by atoms with Gasteiger partial charge in [0, 0.05) is 24.1 Å². The Hall–Kier alpha value is -2.95. The molecule has 0 radical (unpaired) electrons. The number of ketones is 1. The maximum Gasteiger partial charge on any atom is 0.337 e. The highest BCUT2D eigenvalue weighted by Gasteiger charge is 2.16. The number of aryl methyl sites for hydroxylation is 3. The van der Waals surface area contributed by atoms with Crippen LogP contribution in [0.1, 0.15) is 56.7 Å². The molecule has 0 saturated carbocycles. The van der Waals surface area contributed by atoms with Crippen LogP contribution in [0.2, 0.25) is 0 Å². The molecule has 0 spiro atoms. The molecule has 27 heavy (non-hydrogen) atoms. The van der Waals surface area contributed by atoms with Gasteiger partial charge in [-0.1, -0.05) is 18.2 Å². The average Bonchev–Trinajstić information content (AvgIpc) is 3.15. The number of nitrogens with one attached hydrogen (secondary N) is 1. The molecule has 3 rings (SSSR count). The highest BCUT2D eigenvalue weighted by atomic mass is 16.5. The molecule has 0 atom stereocenters. The molecule has 1 N–H and O–H groups in total. The Morgan fingerprint density at radius 1 is 0.963 bits per heavy atom. The molecule has 0 aliphatic heterocycles. The van der Waals surface area contributed by atoms with Gasteiger partial charge >= 0.3 is 5.97 Å². The van der Waals surface area contributed by atoms with E-state index in [1.165, 1.54) is 18.2 Å². The normalized spacial score (nSPS) is 12.4. The fourth-order valence-electron chi connectivity index (χ4n) is 3.33. The number of rotatable bonds is 6. The molecule has 0 bridgehead atoms. The van der Waals surface area contributed by atoms with Gasteiger partial charge in [-0.25, -0.2) is 4.79 Å². The van der Waals surface area contributed by atoms with E-state index < -0.39 is 5.97 Å². The number of benzene rings is 2. The van der Waals surface area contributed by atoms with Crippen molar-refractivity contribution in [2.45, 2.75) is 39.0 Å². The van der Waals surface area contributed by atoms with E-state index in [0.29, 0.717) is 16.8 Å². The van der Waals surface area contributed by atoms with Gasteiger partial charge in [-0.2, -0.15) is 0 Å². The Labute approximate surface area is 158 Å². The molecule has 2 aromatic carbocycles. The second-order valence-electron chi connectivity index (χ2n) is 6.83. The van der Waals surface area contributed by atoms with E-state index in [4.69, 9.17) is 4.74 Å². The molecule has 0 fully saturated rings. The van der Waals surface area contributed by atoms with Crippen molar-refractivity contribution in [1.29, 1.82) is 0 Å². The van der Waals surface area contributed by atoms with Crippen molar-refractivity contribution >= 4 is 23.3 Å². The van der Waals surface area contributed by atoms with E-state index in [9.17, 15) is 14.4 Å². The number of carbonyl (C=O) groups excluding carboxylic acids is 3. The summed E-state index contributed by atoms with van der Waals surface area (Å²) in [5, 5.41) is 2.78. The molecule has 1 aliphatic carbocycles. The van der Waals surface area contributed by atoms with Crippen LogP contribution >= 0.6 is 0 Å². The highest BCUT2D eigenvalue weighted by Crippen LogP contribution is 2.24. The molecule has 5 nitrogen and oxygen atoms in total. The van der Waals surface area contributed by atoms with E-state index in [0.717, 1.165) is 24.8 Å². The first kappa shape index (κ1) is 18.8. The van der Waals surface area contributed by atoms with Gasteiger partial charge in [-0.05, 0) is 61.1 Å². The summed E-state index contributed by atoms with van der Waals surface area (Å²) in [6.45, 7) is 1.84. The van der Waals surface area contributed by atoms with Crippen LogP contribution in [0, 0.1) is 6.92 Å². The predicted octanol–water partition coefficient (Wildman–Crippen LogP) is 3.87. The standard InChI is InChI=1S/C22H23NO4/c1-14-6-7-18(22(26)27-2)13-19(14)23-21(25)11-10-20(24)17-9-8-15-4-3-5-16(15)12-17/h6-9,12-13H,3-5,10-11H2,1-2H3,(H,23,25). The maximum absolute atomic E-state index is 12.4. The second kappa shape index (κ2) is 8.16. The number of fused-ring (bicyclic) bond motifs is 1. The van der Waals surface area contributed by atoms with Crippen LogP contribution in [0.15, 0.2) is 36.4 Å². The molecule has 2 aromatic rings. The predicted molar refractivity (Wildman–Crippen MR) is 103 cm³/mol. The molecule has 5 heteroatoms. The van der Waals surface area contributed by atoms with Crippen LogP contribution in [-0.2, 0) is 22.4 Å². The zero-order chi connectivity index (χ0) is 19.4. The van der Waals surface area contributed by atoms with Gasteiger partial charge in [0.25, 0.3) is 0 Å². The lowest BCUT2D eigenvalue weighted by atomic mass is 10.0. The average molecular weight is 365 g/mol. The number of hydrogen-bond acceptors (Lipinski definition) is 4. The van der Waals surface area contributed by atoms with Gasteiger partial charge in [0.05, 0.1) is 12.7 Å². The summed E-state index contributed by atoms with van der Waals surface area (Å²) in [5.74, 6) is -0.744. The van der Waals surface area contributed by atoms with Crippen molar-refractivity contribution in [3.63, 3.8) is 0 Å². The van der Waals surface area contributed by atoms with Crippen molar-refractivity contribution in [3.8, 4) is 0 Å². The number of Topliss-reactive ketones (excluding diaryl/α,β-unsaturated/α-hetero) is 1. The Balaban J connectivity index is 1.60. The van der Waals surface area contributed by atoms with Crippen molar-refractivity contribution in [2.75, 3.05) is 12.4 Å². The van der Waals surface area contributed by atoms with Gasteiger partial charge in [-0.3, -0.25) is 9.59 Å². The van der Waals surface area contributed by atoms with Crippen molar-refractivity contribution in [3.05, 3.63) is 64.2 Å². The van der Waals surface area contributed by atoms with Crippen LogP contribution < -0.4 is 5.32 Å². The minimum atomic E-state index is -0.461. The first-order valence-electron chi connectivity index (χ1n) is 9.12. The van der Waals surface area contributed by atoms with Crippen LogP contribution in [-0.4, -0.2) is 24.8 Å². The van der Waals surface area contributed by atoms with Crippen LogP contribution in [0.3, 0.4) is 0 Å². The fourth-order valence-corrected chi connectivity index (χ4v) is 3.33. The topological polar surface area (TPSA) is 72.5 Å². The molecule has 0 aromatic heterocycles. The number of carbonyl (C=O) groups is 3. The molecule has 1 aliphatic rings. The van der Waals surface area contributed by atoms with Crippen LogP contribution in [0.25, 0.3) is 0 Å². The zero-order valence-corrected chi connectivity index (χ0v) is 15.6. The van der Waals surface area contributed by atoms with Gasteiger partial charge in [0.15, 0.2) is 5.78 Å². The summed E-state index contributed by atoms with van der Waals surface area (Å²) in [7, 11) is 1.31. The smallest absolute Gasteiger partial charge is 0.337 e. The summed E-state index contributed by atoms with van der Waals surface area (Å²) < 4.78 is 4.70. The molecular weight excluding hydrogens is 342 g/mol. The summed E-state index contributed by atoms with van der Waals surface area (Å²) in [6.07, 6.45) is 3.49. The fraction of sp³-hybridized carbons (Fsp3) is 0.318. The van der Waals surface area contributed by atoms with E-state index in [1.54, 1.807) is 18.2 Å². The Morgan fingerprint density at radius 3 is 2.48 bits per heavy atom. The first-order valence-corrected chi connectivity index (χ1v) is 9.12. The van der Waals surface area contributed by atoms with Crippen LogP contribution in [0.4, 0.5) is 5.69 Å². The second-order valence-corrected chi connectivity index (χ2v) is 6.83. The number of hydrogen-bond donors (Lipinski definition) is 1. The molecule has 1 amide bonds. The minimum Gasteiger partial charge on any atom is -0.465 e. The van der Waals surface area contributed by atoms with Gasteiger partial charge in [-0.15, -0.1) is 0 Å². The van der Waals surface area contributed by atoms with Gasteiger partial charge in [0.2, 0.25) is 5.91 Å². The quantitative estimate of drug-likeness (QED) is 0.623. The SMILES string of the molecule is COC(=O)c1ccc(C)c(NC(=O)CCC(=O)c2ccc3c(c2)CCC3)c1.